The van der Waals surface area contributed by atoms with Gasteiger partial charge in [-0.25, -0.2) is 4.79 Å². The number of benzene rings is 1. The van der Waals surface area contributed by atoms with E-state index in [1.807, 2.05) is 0 Å². The zero-order valence-corrected chi connectivity index (χ0v) is 11.5. The Morgan fingerprint density at radius 3 is 2.42 bits per heavy atom. The fourth-order valence-corrected chi connectivity index (χ4v) is 1.52. The molecule has 1 aromatic carbocycles. The van der Waals surface area contributed by atoms with Crippen LogP contribution >= 0.6 is 11.6 Å². The lowest BCUT2D eigenvalue weighted by Crippen LogP contribution is -2.45. The molecule has 0 fully saturated rings. The summed E-state index contributed by atoms with van der Waals surface area (Å²) in [5.41, 5.74) is 0. The Kier molecular flexibility index (Phi) is 5.63. The molecule has 0 aromatic heterocycles. The standard InChI is InChI=1S/C13H16ClNO4/c1-3-11(13(17)18)15-12(16)8(2)19-10-6-4-9(14)5-7-10/h4-8,11H,3H2,1-2H3,(H,15,16)(H,17,18)/t8?,11-/m0/s1. The van der Waals surface area contributed by atoms with Gasteiger partial charge in [0.1, 0.15) is 11.8 Å². The quantitative estimate of drug-likeness (QED) is 0.839. The molecular weight excluding hydrogens is 270 g/mol. The number of carbonyl (C=O) groups is 2. The number of carboxylic acid groups (broad SMARTS) is 1. The molecule has 0 aliphatic rings. The molecule has 0 spiro atoms. The van der Waals surface area contributed by atoms with Crippen LogP contribution in [-0.2, 0) is 9.59 Å². The van der Waals surface area contributed by atoms with Gasteiger partial charge in [-0.1, -0.05) is 18.5 Å². The monoisotopic (exact) mass is 285 g/mol. The summed E-state index contributed by atoms with van der Waals surface area (Å²) in [6.07, 6.45) is -0.469. The molecule has 0 heterocycles. The van der Waals surface area contributed by atoms with Gasteiger partial charge in [-0.15, -0.1) is 0 Å². The molecule has 0 aliphatic heterocycles. The van der Waals surface area contributed by atoms with E-state index >= 15 is 0 Å². The van der Waals surface area contributed by atoms with Gasteiger partial charge >= 0.3 is 5.97 Å². The fourth-order valence-electron chi connectivity index (χ4n) is 1.40. The lowest BCUT2D eigenvalue weighted by atomic mass is 10.2. The van der Waals surface area contributed by atoms with E-state index in [-0.39, 0.29) is 0 Å². The summed E-state index contributed by atoms with van der Waals surface area (Å²) in [5.74, 6) is -1.03. The molecular formula is C13H16ClNO4. The number of ether oxygens (including phenoxy) is 1. The zero-order valence-electron chi connectivity index (χ0n) is 10.7. The van der Waals surface area contributed by atoms with Gasteiger partial charge in [0, 0.05) is 5.02 Å². The number of rotatable bonds is 6. The number of hydrogen-bond donors (Lipinski definition) is 2. The third kappa shape index (κ3) is 4.79. The van der Waals surface area contributed by atoms with Gasteiger partial charge in [0.15, 0.2) is 6.10 Å². The maximum atomic E-state index is 11.8. The first-order valence-electron chi connectivity index (χ1n) is 5.89. The number of carbonyl (C=O) groups excluding carboxylic acids is 1. The number of nitrogens with one attached hydrogen (secondary N) is 1. The second kappa shape index (κ2) is 6.99. The van der Waals surface area contributed by atoms with Gasteiger partial charge in [0.2, 0.25) is 0 Å². The Labute approximate surface area is 116 Å². The van der Waals surface area contributed by atoms with Crippen LogP contribution in [0.15, 0.2) is 24.3 Å². The average Bonchev–Trinajstić information content (AvgIpc) is 2.37. The second-order valence-electron chi connectivity index (χ2n) is 4.02. The zero-order chi connectivity index (χ0) is 14.4. The number of carboxylic acids is 1. The third-order valence-electron chi connectivity index (χ3n) is 2.52. The summed E-state index contributed by atoms with van der Waals surface area (Å²) < 4.78 is 5.39. The van der Waals surface area contributed by atoms with Crippen molar-refractivity contribution in [2.45, 2.75) is 32.4 Å². The van der Waals surface area contributed by atoms with E-state index in [0.717, 1.165) is 0 Å². The van der Waals surface area contributed by atoms with Crippen molar-refractivity contribution in [3.8, 4) is 5.75 Å². The van der Waals surface area contributed by atoms with Crippen molar-refractivity contribution >= 4 is 23.5 Å². The van der Waals surface area contributed by atoms with Gasteiger partial charge in [-0.05, 0) is 37.6 Å². The van der Waals surface area contributed by atoms with Gasteiger partial charge in [-0.3, -0.25) is 4.79 Å². The highest BCUT2D eigenvalue weighted by molar-refractivity contribution is 6.30. The largest absolute Gasteiger partial charge is 0.481 e. The molecule has 1 amide bonds. The normalized spacial score (nSPS) is 13.4. The molecule has 6 heteroatoms. The third-order valence-corrected chi connectivity index (χ3v) is 2.77. The van der Waals surface area contributed by atoms with Gasteiger partial charge in [-0.2, -0.15) is 0 Å². The Morgan fingerprint density at radius 2 is 1.95 bits per heavy atom. The molecule has 2 atom stereocenters. The average molecular weight is 286 g/mol. The molecule has 0 saturated carbocycles. The van der Waals surface area contributed by atoms with Crippen molar-refractivity contribution in [1.29, 1.82) is 0 Å². The van der Waals surface area contributed by atoms with E-state index in [1.165, 1.54) is 0 Å². The number of aliphatic carboxylic acids is 1. The van der Waals surface area contributed by atoms with Gasteiger partial charge < -0.3 is 15.2 Å². The minimum Gasteiger partial charge on any atom is -0.481 e. The minimum absolute atomic E-state index is 0.314. The molecule has 1 aromatic rings. The van der Waals surface area contributed by atoms with E-state index < -0.39 is 24.0 Å². The van der Waals surface area contributed by atoms with Crippen molar-refractivity contribution < 1.29 is 19.4 Å². The van der Waals surface area contributed by atoms with E-state index in [4.69, 9.17) is 21.4 Å². The van der Waals surface area contributed by atoms with Crippen LogP contribution in [0.2, 0.25) is 5.02 Å². The number of halogens is 1. The van der Waals surface area contributed by atoms with Crippen molar-refractivity contribution in [2.24, 2.45) is 0 Å². The predicted octanol–water partition coefficient (Wildman–Crippen LogP) is 2.09. The lowest BCUT2D eigenvalue weighted by Gasteiger charge is -2.17. The van der Waals surface area contributed by atoms with Crippen LogP contribution in [-0.4, -0.2) is 29.1 Å². The Balaban J connectivity index is 2.57. The maximum Gasteiger partial charge on any atom is 0.326 e. The van der Waals surface area contributed by atoms with Crippen molar-refractivity contribution in [2.75, 3.05) is 0 Å². The summed E-state index contributed by atoms with van der Waals surface area (Å²) in [7, 11) is 0. The number of hydrogen-bond acceptors (Lipinski definition) is 3. The fraction of sp³-hybridized carbons (Fsp3) is 0.385. The summed E-state index contributed by atoms with van der Waals surface area (Å²) in [4.78, 5) is 22.6. The molecule has 5 nitrogen and oxygen atoms in total. The van der Waals surface area contributed by atoms with E-state index in [1.54, 1.807) is 38.1 Å². The summed E-state index contributed by atoms with van der Waals surface area (Å²) in [5, 5.41) is 11.8. The Hall–Kier alpha value is -1.75. The van der Waals surface area contributed by atoms with E-state index in [9.17, 15) is 9.59 Å². The predicted molar refractivity (Wildman–Crippen MR) is 71.4 cm³/mol. The molecule has 0 bridgehead atoms. The smallest absolute Gasteiger partial charge is 0.326 e. The van der Waals surface area contributed by atoms with Crippen LogP contribution in [0, 0.1) is 0 Å². The molecule has 1 unspecified atom stereocenters. The molecule has 2 N–H and O–H groups in total. The maximum absolute atomic E-state index is 11.8. The highest BCUT2D eigenvalue weighted by atomic mass is 35.5. The lowest BCUT2D eigenvalue weighted by molar-refractivity contribution is -0.143. The number of amides is 1. The second-order valence-corrected chi connectivity index (χ2v) is 4.46. The van der Waals surface area contributed by atoms with E-state index in [2.05, 4.69) is 5.32 Å². The first kappa shape index (κ1) is 15.3. The first-order chi connectivity index (χ1) is 8.93. The highest BCUT2D eigenvalue weighted by Crippen LogP contribution is 2.16. The Morgan fingerprint density at radius 1 is 1.37 bits per heavy atom. The van der Waals surface area contributed by atoms with Crippen LogP contribution in [0.4, 0.5) is 0 Å². The highest BCUT2D eigenvalue weighted by Gasteiger charge is 2.22. The summed E-state index contributed by atoms with van der Waals surface area (Å²) >= 11 is 5.73. The van der Waals surface area contributed by atoms with Crippen LogP contribution in [0.1, 0.15) is 20.3 Å². The van der Waals surface area contributed by atoms with Crippen molar-refractivity contribution in [3.63, 3.8) is 0 Å². The topological polar surface area (TPSA) is 75.6 Å². The van der Waals surface area contributed by atoms with Crippen molar-refractivity contribution in [3.05, 3.63) is 29.3 Å². The van der Waals surface area contributed by atoms with Gasteiger partial charge in [0.05, 0.1) is 0 Å². The molecule has 1 rings (SSSR count). The summed E-state index contributed by atoms with van der Waals surface area (Å²) in [6, 6.07) is 5.67. The molecule has 0 aliphatic carbocycles. The van der Waals surface area contributed by atoms with Crippen LogP contribution < -0.4 is 10.1 Å². The minimum atomic E-state index is -1.06. The SMILES string of the molecule is CC[C@H](NC(=O)C(C)Oc1ccc(Cl)cc1)C(=O)O. The van der Waals surface area contributed by atoms with E-state index in [0.29, 0.717) is 17.2 Å². The first-order valence-corrected chi connectivity index (χ1v) is 6.27. The van der Waals surface area contributed by atoms with Crippen LogP contribution in [0.5, 0.6) is 5.75 Å². The van der Waals surface area contributed by atoms with Crippen LogP contribution in [0.3, 0.4) is 0 Å². The molecule has 19 heavy (non-hydrogen) atoms. The Bertz CT molecular complexity index is 446. The molecule has 0 saturated heterocycles. The van der Waals surface area contributed by atoms with Crippen LogP contribution in [0.25, 0.3) is 0 Å². The summed E-state index contributed by atoms with van der Waals surface area (Å²) in [6.45, 7) is 3.24. The van der Waals surface area contributed by atoms with Crippen molar-refractivity contribution in [1.82, 2.24) is 5.32 Å². The van der Waals surface area contributed by atoms with Gasteiger partial charge in [0.25, 0.3) is 5.91 Å². The molecule has 104 valence electrons. The molecule has 0 radical (unpaired) electrons.